The Morgan fingerprint density at radius 1 is 1.23 bits per heavy atom. The van der Waals surface area contributed by atoms with Crippen LogP contribution in [0.5, 0.6) is 5.75 Å². The zero-order chi connectivity index (χ0) is 17.5. The number of fused-ring (bicyclic) bond motifs is 1. The Balaban J connectivity index is 1.42. The summed E-state index contributed by atoms with van der Waals surface area (Å²) in [6, 6.07) is 9.37. The molecule has 26 heavy (non-hydrogen) atoms. The van der Waals surface area contributed by atoms with Gasteiger partial charge in [0, 0.05) is 25.4 Å². The molecule has 0 spiro atoms. The van der Waals surface area contributed by atoms with Gasteiger partial charge in [-0.25, -0.2) is 14.4 Å². The van der Waals surface area contributed by atoms with Crippen LogP contribution < -0.4 is 15.4 Å². The van der Waals surface area contributed by atoms with Crippen LogP contribution in [0.1, 0.15) is 12.8 Å². The molecule has 3 aromatic rings. The normalized spacial score (nSPS) is 22.7. The van der Waals surface area contributed by atoms with Crippen molar-refractivity contribution in [1.82, 2.24) is 19.7 Å². The first-order valence-electron chi connectivity index (χ1n) is 8.99. The van der Waals surface area contributed by atoms with Gasteiger partial charge in [0.25, 0.3) is 0 Å². The summed E-state index contributed by atoms with van der Waals surface area (Å²) < 4.78 is 21.6. The number of aromatic nitrogens is 3. The van der Waals surface area contributed by atoms with Gasteiger partial charge in [-0.2, -0.15) is 0 Å². The van der Waals surface area contributed by atoms with E-state index < -0.39 is 6.17 Å². The maximum Gasteiger partial charge on any atom is 0.140 e. The molecule has 1 saturated heterocycles. The third-order valence-electron chi connectivity index (χ3n) is 4.80. The van der Waals surface area contributed by atoms with Gasteiger partial charge in [0.1, 0.15) is 23.4 Å². The molecule has 0 radical (unpaired) electrons. The van der Waals surface area contributed by atoms with Gasteiger partial charge in [-0.05, 0) is 31.0 Å². The first-order chi connectivity index (χ1) is 12.8. The second-order valence-electron chi connectivity index (χ2n) is 6.88. The Hall–Kier alpha value is -2.67. The van der Waals surface area contributed by atoms with E-state index in [1.54, 1.807) is 6.20 Å². The minimum absolute atomic E-state index is 0.248. The lowest BCUT2D eigenvalue weighted by atomic mass is 10.2. The van der Waals surface area contributed by atoms with Crippen molar-refractivity contribution < 1.29 is 9.13 Å². The monoisotopic (exact) mass is 353 g/mol. The molecule has 2 unspecified atom stereocenters. The Kier molecular flexibility index (Phi) is 3.74. The Bertz CT molecular complexity index is 939. The number of rotatable bonds is 5. The van der Waals surface area contributed by atoms with Crippen LogP contribution in [0.15, 0.2) is 42.7 Å². The average Bonchev–Trinajstić information content (AvgIpc) is 3.22. The molecule has 2 aliphatic rings. The molecule has 4 heterocycles. The molecule has 0 aromatic carbocycles. The van der Waals surface area contributed by atoms with E-state index in [0.717, 1.165) is 35.6 Å². The van der Waals surface area contributed by atoms with E-state index in [-0.39, 0.29) is 6.04 Å². The highest BCUT2D eigenvalue weighted by Gasteiger charge is 2.27. The summed E-state index contributed by atoms with van der Waals surface area (Å²) >= 11 is 0. The number of hydrogen-bond donors (Lipinski definition) is 2. The highest BCUT2D eigenvalue weighted by atomic mass is 19.1. The zero-order valence-corrected chi connectivity index (χ0v) is 14.2. The largest absolute Gasteiger partial charge is 0.490 e. The van der Waals surface area contributed by atoms with Crippen LogP contribution in [-0.4, -0.2) is 45.8 Å². The smallest absolute Gasteiger partial charge is 0.140 e. The van der Waals surface area contributed by atoms with Gasteiger partial charge < -0.3 is 15.4 Å². The molecule has 3 aromatic heterocycles. The van der Waals surface area contributed by atoms with E-state index in [4.69, 9.17) is 4.74 Å². The number of hydrogen-bond acceptors (Lipinski definition) is 5. The number of alkyl halides is 1. The molecular formula is C19H20FN5O. The van der Waals surface area contributed by atoms with Gasteiger partial charge in [0.05, 0.1) is 29.7 Å². The number of halogens is 1. The average molecular weight is 353 g/mol. The molecule has 134 valence electrons. The number of imidazole rings is 1. The molecule has 6 nitrogen and oxygen atoms in total. The van der Waals surface area contributed by atoms with Crippen molar-refractivity contribution in [2.24, 2.45) is 0 Å². The van der Waals surface area contributed by atoms with Gasteiger partial charge >= 0.3 is 0 Å². The molecule has 5 rings (SSSR count). The second kappa shape index (κ2) is 6.25. The maximum atomic E-state index is 13.8. The number of anilines is 1. The molecule has 1 aliphatic heterocycles. The van der Waals surface area contributed by atoms with Crippen molar-refractivity contribution in [2.75, 3.05) is 18.4 Å². The first kappa shape index (κ1) is 15.6. The fraction of sp³-hybridized carbons (Fsp3) is 0.368. The summed E-state index contributed by atoms with van der Waals surface area (Å²) in [4.78, 5) is 9.13. The SMILES string of the molecule is FC1CNCC1Nc1cccc(-c2cnc3cc(OC4CC4)ccn23)n1. The quantitative estimate of drug-likeness (QED) is 0.738. The standard InChI is InChI=1S/C19H20FN5O/c20-14-9-21-10-16(14)24-18-3-1-2-15(23-18)17-11-22-19-8-13(6-7-25(17)19)26-12-4-5-12/h1-3,6-8,11-12,14,16,21H,4-5,9-10H2,(H,23,24). The highest BCUT2D eigenvalue weighted by Crippen LogP contribution is 2.28. The number of nitrogens with one attached hydrogen (secondary N) is 2. The van der Waals surface area contributed by atoms with E-state index in [9.17, 15) is 4.39 Å². The third kappa shape index (κ3) is 2.99. The molecule has 2 fully saturated rings. The van der Waals surface area contributed by atoms with Crippen molar-refractivity contribution in [1.29, 1.82) is 0 Å². The first-order valence-corrected chi connectivity index (χ1v) is 8.99. The third-order valence-corrected chi connectivity index (χ3v) is 4.80. The minimum atomic E-state index is -0.902. The number of ether oxygens (including phenoxy) is 1. The zero-order valence-electron chi connectivity index (χ0n) is 14.2. The summed E-state index contributed by atoms with van der Waals surface area (Å²) in [5, 5.41) is 6.22. The fourth-order valence-corrected chi connectivity index (χ4v) is 3.24. The summed E-state index contributed by atoms with van der Waals surface area (Å²) in [5.74, 6) is 1.52. The molecule has 7 heteroatoms. The molecule has 1 saturated carbocycles. The van der Waals surface area contributed by atoms with Crippen LogP contribution in [0.2, 0.25) is 0 Å². The van der Waals surface area contributed by atoms with E-state index in [1.807, 2.05) is 40.9 Å². The van der Waals surface area contributed by atoms with Crippen LogP contribution in [0, 0.1) is 0 Å². The van der Waals surface area contributed by atoms with Crippen molar-refractivity contribution in [3.05, 3.63) is 42.7 Å². The van der Waals surface area contributed by atoms with Gasteiger partial charge in [-0.1, -0.05) is 6.07 Å². The van der Waals surface area contributed by atoms with Crippen molar-refractivity contribution in [3.8, 4) is 17.1 Å². The topological polar surface area (TPSA) is 63.5 Å². The van der Waals surface area contributed by atoms with Crippen molar-refractivity contribution in [2.45, 2.75) is 31.2 Å². The van der Waals surface area contributed by atoms with Crippen LogP contribution in [0.4, 0.5) is 10.2 Å². The predicted molar refractivity (Wildman–Crippen MR) is 97.2 cm³/mol. The van der Waals surface area contributed by atoms with Gasteiger partial charge in [-0.3, -0.25) is 4.40 Å². The lowest BCUT2D eigenvalue weighted by Gasteiger charge is -2.15. The molecular weight excluding hydrogens is 333 g/mol. The molecule has 1 aliphatic carbocycles. The lowest BCUT2D eigenvalue weighted by Crippen LogP contribution is -2.29. The summed E-state index contributed by atoms with van der Waals surface area (Å²) in [6.07, 6.45) is 5.48. The molecule has 0 bridgehead atoms. The maximum absolute atomic E-state index is 13.8. The van der Waals surface area contributed by atoms with Crippen molar-refractivity contribution in [3.63, 3.8) is 0 Å². The molecule has 2 N–H and O–H groups in total. The Labute approximate surface area is 150 Å². The number of nitrogens with zero attached hydrogens (tertiary/aromatic N) is 3. The summed E-state index contributed by atoms with van der Waals surface area (Å²) in [5.41, 5.74) is 2.50. The van der Waals surface area contributed by atoms with E-state index >= 15 is 0 Å². The Morgan fingerprint density at radius 3 is 2.96 bits per heavy atom. The fourth-order valence-electron chi connectivity index (χ4n) is 3.24. The van der Waals surface area contributed by atoms with Crippen LogP contribution >= 0.6 is 0 Å². The minimum Gasteiger partial charge on any atom is -0.490 e. The second-order valence-corrected chi connectivity index (χ2v) is 6.88. The summed E-state index contributed by atoms with van der Waals surface area (Å²) in [7, 11) is 0. The van der Waals surface area contributed by atoms with Gasteiger partial charge in [0.2, 0.25) is 0 Å². The Morgan fingerprint density at radius 2 is 2.15 bits per heavy atom. The van der Waals surface area contributed by atoms with Gasteiger partial charge in [0.15, 0.2) is 0 Å². The summed E-state index contributed by atoms with van der Waals surface area (Å²) in [6.45, 7) is 0.988. The van der Waals surface area contributed by atoms with E-state index in [1.165, 1.54) is 0 Å². The van der Waals surface area contributed by atoms with Gasteiger partial charge in [-0.15, -0.1) is 0 Å². The highest BCUT2D eigenvalue weighted by molar-refractivity contribution is 5.63. The molecule has 2 atom stereocenters. The van der Waals surface area contributed by atoms with E-state index in [2.05, 4.69) is 20.6 Å². The predicted octanol–water partition coefficient (Wildman–Crippen LogP) is 2.66. The van der Waals surface area contributed by atoms with E-state index in [0.29, 0.717) is 25.0 Å². The van der Waals surface area contributed by atoms with Crippen LogP contribution in [-0.2, 0) is 0 Å². The lowest BCUT2D eigenvalue weighted by molar-refractivity contribution is 0.303. The molecule has 0 amide bonds. The number of pyridine rings is 2. The van der Waals surface area contributed by atoms with Crippen molar-refractivity contribution >= 4 is 11.5 Å². The van der Waals surface area contributed by atoms with Crippen LogP contribution in [0.25, 0.3) is 17.0 Å². The van der Waals surface area contributed by atoms with Crippen LogP contribution in [0.3, 0.4) is 0 Å².